The van der Waals surface area contributed by atoms with Crippen molar-refractivity contribution in [2.75, 3.05) is 11.9 Å². The van der Waals surface area contributed by atoms with Gasteiger partial charge in [-0.2, -0.15) is 0 Å². The second-order valence-electron chi connectivity index (χ2n) is 7.67. The third kappa shape index (κ3) is 3.48. The van der Waals surface area contributed by atoms with Crippen LogP contribution in [0, 0.1) is 6.92 Å². The van der Waals surface area contributed by atoms with Gasteiger partial charge in [-0.05, 0) is 31.5 Å². The number of aromatic nitrogens is 2. The monoisotopic (exact) mass is 444 g/mol. The number of benzene rings is 2. The minimum absolute atomic E-state index is 0.189. The van der Waals surface area contributed by atoms with Gasteiger partial charge in [0.15, 0.2) is 5.13 Å². The van der Waals surface area contributed by atoms with E-state index in [1.54, 1.807) is 24.3 Å². The van der Waals surface area contributed by atoms with Gasteiger partial charge in [0.05, 0.1) is 16.8 Å². The van der Waals surface area contributed by atoms with Crippen molar-refractivity contribution in [3.8, 4) is 11.3 Å². The fraction of sp³-hybridized carbons (Fsp3) is 0.167. The fourth-order valence-corrected chi connectivity index (χ4v) is 4.79. The second-order valence-corrected chi connectivity index (χ2v) is 8.53. The van der Waals surface area contributed by atoms with Crippen molar-refractivity contribution in [3.63, 3.8) is 0 Å². The first-order valence-corrected chi connectivity index (χ1v) is 11.2. The summed E-state index contributed by atoms with van der Waals surface area (Å²) in [5.41, 5.74) is 4.76. The second kappa shape index (κ2) is 8.05. The SMILES string of the molecule is Cc1[nH]c2ccccc2c1-c1csc(NC(=O)CCCN2C(=O)c3ccccc3C2=O)n1. The highest BCUT2D eigenvalue weighted by Gasteiger charge is 2.34. The van der Waals surface area contributed by atoms with Gasteiger partial charge < -0.3 is 10.3 Å². The number of aromatic amines is 1. The van der Waals surface area contributed by atoms with Gasteiger partial charge in [0.2, 0.25) is 5.91 Å². The van der Waals surface area contributed by atoms with E-state index in [-0.39, 0.29) is 30.7 Å². The van der Waals surface area contributed by atoms with Crippen LogP contribution in [0.25, 0.3) is 22.2 Å². The van der Waals surface area contributed by atoms with Gasteiger partial charge in [-0.15, -0.1) is 11.3 Å². The zero-order valence-corrected chi connectivity index (χ0v) is 18.2. The Hall–Kier alpha value is -3.78. The molecule has 0 saturated heterocycles. The Labute approximate surface area is 188 Å². The highest BCUT2D eigenvalue weighted by atomic mass is 32.1. The molecular formula is C24H20N4O3S. The van der Waals surface area contributed by atoms with Gasteiger partial charge >= 0.3 is 0 Å². The maximum atomic E-state index is 12.4. The molecule has 0 unspecified atom stereocenters. The maximum Gasteiger partial charge on any atom is 0.261 e. The van der Waals surface area contributed by atoms with Crippen molar-refractivity contribution in [2.45, 2.75) is 19.8 Å². The average Bonchev–Trinajstić information content (AvgIpc) is 3.44. The molecule has 3 amide bonds. The summed E-state index contributed by atoms with van der Waals surface area (Å²) >= 11 is 1.37. The zero-order chi connectivity index (χ0) is 22.2. The van der Waals surface area contributed by atoms with Crippen LogP contribution in [-0.4, -0.2) is 39.1 Å². The standard InChI is InChI=1S/C24H20N4O3S/c1-14-21(17-9-4-5-10-18(17)25-14)19-13-32-24(26-19)27-20(29)11-6-12-28-22(30)15-7-2-3-8-16(15)23(28)31/h2-5,7-10,13,25H,6,11-12H2,1H3,(H,26,27,29). The molecule has 2 aromatic carbocycles. The summed E-state index contributed by atoms with van der Waals surface area (Å²) in [6.07, 6.45) is 0.575. The topological polar surface area (TPSA) is 95.2 Å². The number of hydrogen-bond donors (Lipinski definition) is 2. The first-order valence-electron chi connectivity index (χ1n) is 10.3. The van der Waals surface area contributed by atoms with Gasteiger partial charge in [-0.3, -0.25) is 19.3 Å². The van der Waals surface area contributed by atoms with E-state index in [1.807, 2.05) is 36.6 Å². The Morgan fingerprint density at radius 1 is 1.06 bits per heavy atom. The molecular weight excluding hydrogens is 424 g/mol. The molecule has 2 N–H and O–H groups in total. The first-order chi connectivity index (χ1) is 15.5. The maximum absolute atomic E-state index is 12.4. The highest BCUT2D eigenvalue weighted by molar-refractivity contribution is 7.14. The minimum Gasteiger partial charge on any atom is -0.358 e. The summed E-state index contributed by atoms with van der Waals surface area (Å²) in [6.45, 7) is 2.21. The third-order valence-electron chi connectivity index (χ3n) is 5.56. The van der Waals surface area contributed by atoms with E-state index in [4.69, 9.17) is 0 Å². The average molecular weight is 445 g/mol. The van der Waals surface area contributed by atoms with Crippen molar-refractivity contribution in [1.82, 2.24) is 14.9 Å². The van der Waals surface area contributed by atoms with Crippen molar-refractivity contribution in [2.24, 2.45) is 0 Å². The Bertz CT molecular complexity index is 1340. The number of thiazole rings is 1. The molecule has 0 bridgehead atoms. The van der Waals surface area contributed by atoms with E-state index in [2.05, 4.69) is 15.3 Å². The predicted octanol–water partition coefficient (Wildman–Crippen LogP) is 4.61. The molecule has 0 saturated carbocycles. The molecule has 5 rings (SSSR count). The number of fused-ring (bicyclic) bond motifs is 2. The van der Waals surface area contributed by atoms with E-state index < -0.39 is 0 Å². The number of amides is 3. The molecule has 0 fully saturated rings. The van der Waals surface area contributed by atoms with Crippen LogP contribution in [0.4, 0.5) is 5.13 Å². The highest BCUT2D eigenvalue weighted by Crippen LogP contribution is 2.34. The number of rotatable bonds is 6. The van der Waals surface area contributed by atoms with Crippen LogP contribution in [0.5, 0.6) is 0 Å². The van der Waals surface area contributed by atoms with Crippen LogP contribution >= 0.6 is 11.3 Å². The predicted molar refractivity (Wildman–Crippen MR) is 124 cm³/mol. The Balaban J connectivity index is 1.20. The van der Waals surface area contributed by atoms with Crippen LogP contribution in [0.1, 0.15) is 39.3 Å². The Morgan fingerprint density at radius 3 is 2.50 bits per heavy atom. The number of nitrogens with one attached hydrogen (secondary N) is 2. The number of hydrogen-bond acceptors (Lipinski definition) is 5. The Morgan fingerprint density at radius 2 is 1.75 bits per heavy atom. The lowest BCUT2D eigenvalue weighted by atomic mass is 10.1. The number of H-pyrrole nitrogens is 1. The summed E-state index contributed by atoms with van der Waals surface area (Å²) in [5.74, 6) is -0.799. The number of carbonyl (C=O) groups is 3. The van der Waals surface area contributed by atoms with E-state index in [1.165, 1.54) is 16.2 Å². The number of aryl methyl sites for hydroxylation is 1. The first kappa shape index (κ1) is 20.1. The molecule has 0 spiro atoms. The third-order valence-corrected chi connectivity index (χ3v) is 6.32. The summed E-state index contributed by atoms with van der Waals surface area (Å²) in [7, 11) is 0. The minimum atomic E-state index is -0.301. The summed E-state index contributed by atoms with van der Waals surface area (Å²) in [6, 6.07) is 14.8. The molecule has 32 heavy (non-hydrogen) atoms. The Kier molecular flexibility index (Phi) is 5.07. The lowest BCUT2D eigenvalue weighted by molar-refractivity contribution is -0.116. The van der Waals surface area contributed by atoms with Crippen LogP contribution in [0.3, 0.4) is 0 Å². The summed E-state index contributed by atoms with van der Waals surface area (Å²) in [4.78, 5) is 46.4. The van der Waals surface area contributed by atoms with E-state index in [9.17, 15) is 14.4 Å². The van der Waals surface area contributed by atoms with E-state index in [0.717, 1.165) is 27.9 Å². The van der Waals surface area contributed by atoms with Crippen molar-refractivity contribution in [3.05, 3.63) is 70.7 Å². The summed E-state index contributed by atoms with van der Waals surface area (Å²) in [5, 5.41) is 6.37. The molecule has 1 aliphatic rings. The molecule has 160 valence electrons. The lowest BCUT2D eigenvalue weighted by Crippen LogP contribution is -2.31. The van der Waals surface area contributed by atoms with Gasteiger partial charge in [-0.25, -0.2) is 4.98 Å². The van der Waals surface area contributed by atoms with Gasteiger partial charge in [0.25, 0.3) is 11.8 Å². The fourth-order valence-electron chi connectivity index (χ4n) is 4.07. The lowest BCUT2D eigenvalue weighted by Gasteiger charge is -2.13. The van der Waals surface area contributed by atoms with Gasteiger partial charge in [-0.1, -0.05) is 30.3 Å². The number of carbonyl (C=O) groups excluding carboxylic acids is 3. The zero-order valence-electron chi connectivity index (χ0n) is 17.3. The van der Waals surface area contributed by atoms with E-state index in [0.29, 0.717) is 22.7 Å². The van der Waals surface area contributed by atoms with Crippen LogP contribution < -0.4 is 5.32 Å². The van der Waals surface area contributed by atoms with Crippen LogP contribution in [-0.2, 0) is 4.79 Å². The van der Waals surface area contributed by atoms with Crippen molar-refractivity contribution >= 4 is 45.1 Å². The van der Waals surface area contributed by atoms with Crippen LogP contribution in [0.15, 0.2) is 53.9 Å². The molecule has 4 aromatic rings. The van der Waals surface area contributed by atoms with Crippen molar-refractivity contribution < 1.29 is 14.4 Å². The smallest absolute Gasteiger partial charge is 0.261 e. The molecule has 8 heteroatoms. The van der Waals surface area contributed by atoms with Gasteiger partial charge in [0.1, 0.15) is 0 Å². The quantitative estimate of drug-likeness (QED) is 0.425. The normalized spacial score (nSPS) is 13.1. The number of anilines is 1. The molecule has 2 aromatic heterocycles. The van der Waals surface area contributed by atoms with Crippen LogP contribution in [0.2, 0.25) is 0 Å². The van der Waals surface area contributed by atoms with Gasteiger partial charge in [0, 0.05) is 40.5 Å². The summed E-state index contributed by atoms with van der Waals surface area (Å²) < 4.78 is 0. The molecule has 0 radical (unpaired) electrons. The largest absolute Gasteiger partial charge is 0.358 e. The molecule has 7 nitrogen and oxygen atoms in total. The number of imide groups is 1. The molecule has 0 aliphatic carbocycles. The number of nitrogens with zero attached hydrogens (tertiary/aromatic N) is 2. The molecule has 0 atom stereocenters. The van der Waals surface area contributed by atoms with E-state index >= 15 is 0 Å². The van der Waals surface area contributed by atoms with Crippen molar-refractivity contribution in [1.29, 1.82) is 0 Å². The molecule has 1 aliphatic heterocycles. The number of para-hydroxylation sites is 1. The molecule has 3 heterocycles.